The maximum Gasteiger partial charge on any atom is 0.130 e. The first kappa shape index (κ1) is 13.4. The van der Waals surface area contributed by atoms with Crippen molar-refractivity contribution in [3.8, 4) is 17.6 Å². The summed E-state index contributed by atoms with van der Waals surface area (Å²) < 4.78 is 6.55. The third kappa shape index (κ3) is 2.88. The second-order valence-corrected chi connectivity index (χ2v) is 5.18. The molecule has 0 aliphatic heterocycles. The van der Waals surface area contributed by atoms with Gasteiger partial charge in [-0.3, -0.25) is 0 Å². The lowest BCUT2D eigenvalue weighted by molar-refractivity contribution is 0.478. The van der Waals surface area contributed by atoms with Gasteiger partial charge in [-0.25, -0.2) is 0 Å². The molecule has 2 rings (SSSR count). The highest BCUT2D eigenvalue weighted by molar-refractivity contribution is 9.10. The van der Waals surface area contributed by atoms with Crippen LogP contribution in [0.2, 0.25) is 0 Å². The van der Waals surface area contributed by atoms with Gasteiger partial charge in [-0.2, -0.15) is 5.26 Å². The lowest BCUT2D eigenvalue weighted by Gasteiger charge is -2.11. The highest BCUT2D eigenvalue weighted by atomic mass is 79.9. The van der Waals surface area contributed by atoms with Crippen molar-refractivity contribution < 1.29 is 4.74 Å². The Labute approximate surface area is 120 Å². The Balaban J connectivity index is 2.34. The summed E-state index contributed by atoms with van der Waals surface area (Å²) in [7, 11) is 0. The van der Waals surface area contributed by atoms with Gasteiger partial charge >= 0.3 is 0 Å². The molecule has 0 aliphatic rings. The van der Waals surface area contributed by atoms with E-state index in [4.69, 9.17) is 15.7 Å². The first-order valence-corrected chi connectivity index (χ1v) is 6.55. The molecule has 0 unspecified atom stereocenters. The molecule has 0 heterocycles. The van der Waals surface area contributed by atoms with Crippen LogP contribution < -0.4 is 10.5 Å². The molecule has 0 fully saturated rings. The van der Waals surface area contributed by atoms with Crippen molar-refractivity contribution in [1.29, 1.82) is 5.26 Å². The standard InChI is InChI=1S/C15H13BrN2O/c1-9-6-15(10(2)5-14(9)18)19-12-4-3-11(8-17)13(16)7-12/h3-7H,18H2,1-2H3. The van der Waals surface area contributed by atoms with Crippen LogP contribution in [0.3, 0.4) is 0 Å². The lowest BCUT2D eigenvalue weighted by Crippen LogP contribution is -1.94. The zero-order valence-corrected chi connectivity index (χ0v) is 12.3. The molecule has 0 aromatic heterocycles. The van der Waals surface area contributed by atoms with Crippen molar-refractivity contribution in [2.75, 3.05) is 5.73 Å². The third-order valence-corrected chi connectivity index (χ3v) is 3.51. The summed E-state index contributed by atoms with van der Waals surface area (Å²) in [5.41, 5.74) is 9.14. The van der Waals surface area contributed by atoms with Crippen molar-refractivity contribution >= 4 is 21.6 Å². The summed E-state index contributed by atoms with van der Waals surface area (Å²) in [6.45, 7) is 3.89. The molecule has 0 aliphatic carbocycles. The van der Waals surface area contributed by atoms with Crippen LogP contribution in [-0.2, 0) is 0 Å². The van der Waals surface area contributed by atoms with Gasteiger partial charge < -0.3 is 10.5 Å². The molecule has 0 atom stereocenters. The average Bonchev–Trinajstić information content (AvgIpc) is 2.36. The fourth-order valence-electron chi connectivity index (χ4n) is 1.70. The van der Waals surface area contributed by atoms with E-state index in [1.165, 1.54) is 0 Å². The van der Waals surface area contributed by atoms with Crippen LogP contribution in [0.15, 0.2) is 34.8 Å². The van der Waals surface area contributed by atoms with Crippen molar-refractivity contribution in [1.82, 2.24) is 0 Å². The molecular formula is C15H13BrN2O. The van der Waals surface area contributed by atoms with Crippen LogP contribution in [0, 0.1) is 25.2 Å². The molecule has 0 bridgehead atoms. The van der Waals surface area contributed by atoms with Gasteiger partial charge in [-0.1, -0.05) is 0 Å². The SMILES string of the molecule is Cc1cc(Oc2ccc(C#N)c(Br)c2)c(C)cc1N. The van der Waals surface area contributed by atoms with Crippen molar-refractivity contribution in [2.45, 2.75) is 13.8 Å². The van der Waals surface area contributed by atoms with E-state index in [-0.39, 0.29) is 0 Å². The minimum absolute atomic E-state index is 0.581. The molecule has 0 saturated carbocycles. The third-order valence-electron chi connectivity index (χ3n) is 2.85. The number of nitriles is 1. The van der Waals surface area contributed by atoms with Gasteiger partial charge in [0.2, 0.25) is 0 Å². The van der Waals surface area contributed by atoms with Crippen molar-refractivity contribution in [3.63, 3.8) is 0 Å². The van der Waals surface area contributed by atoms with E-state index in [0.717, 1.165) is 27.0 Å². The van der Waals surface area contributed by atoms with E-state index in [0.29, 0.717) is 11.3 Å². The van der Waals surface area contributed by atoms with E-state index in [2.05, 4.69) is 22.0 Å². The maximum atomic E-state index is 8.88. The monoisotopic (exact) mass is 316 g/mol. The average molecular weight is 317 g/mol. The summed E-state index contributed by atoms with van der Waals surface area (Å²) >= 11 is 3.34. The molecule has 2 N–H and O–H groups in total. The smallest absolute Gasteiger partial charge is 0.130 e. The lowest BCUT2D eigenvalue weighted by atomic mass is 10.1. The molecule has 0 radical (unpaired) electrons. The van der Waals surface area contributed by atoms with Gasteiger partial charge in [-0.05, 0) is 71.2 Å². The predicted octanol–water partition coefficient (Wildman–Crippen LogP) is 4.31. The van der Waals surface area contributed by atoms with Gasteiger partial charge in [0.25, 0.3) is 0 Å². The summed E-state index contributed by atoms with van der Waals surface area (Å²) in [6, 6.07) is 11.2. The van der Waals surface area contributed by atoms with E-state index in [1.54, 1.807) is 18.2 Å². The number of nitrogens with zero attached hydrogens (tertiary/aromatic N) is 1. The topological polar surface area (TPSA) is 59.0 Å². The number of rotatable bonds is 2. The molecule has 96 valence electrons. The normalized spacial score (nSPS) is 10.0. The van der Waals surface area contributed by atoms with Crippen LogP contribution >= 0.6 is 15.9 Å². The van der Waals surface area contributed by atoms with E-state index in [1.807, 2.05) is 26.0 Å². The zero-order chi connectivity index (χ0) is 14.0. The number of aryl methyl sites for hydroxylation is 2. The second kappa shape index (κ2) is 5.33. The molecular weight excluding hydrogens is 304 g/mol. The number of anilines is 1. The first-order valence-electron chi connectivity index (χ1n) is 5.75. The van der Waals surface area contributed by atoms with Gasteiger partial charge in [0.1, 0.15) is 17.6 Å². The van der Waals surface area contributed by atoms with Crippen LogP contribution in [0.1, 0.15) is 16.7 Å². The number of benzene rings is 2. The fourth-order valence-corrected chi connectivity index (χ4v) is 2.15. The number of ether oxygens (including phenoxy) is 1. The second-order valence-electron chi connectivity index (χ2n) is 4.33. The van der Waals surface area contributed by atoms with E-state index in [9.17, 15) is 0 Å². The van der Waals surface area contributed by atoms with Gasteiger partial charge in [0.15, 0.2) is 0 Å². The van der Waals surface area contributed by atoms with Gasteiger partial charge in [0.05, 0.1) is 5.56 Å². The summed E-state index contributed by atoms with van der Waals surface area (Å²) in [4.78, 5) is 0. The van der Waals surface area contributed by atoms with Gasteiger partial charge in [0, 0.05) is 10.2 Å². The highest BCUT2D eigenvalue weighted by Gasteiger charge is 2.07. The first-order chi connectivity index (χ1) is 9.01. The summed E-state index contributed by atoms with van der Waals surface area (Å²) in [5.74, 6) is 1.45. The number of hydrogen-bond donors (Lipinski definition) is 1. The van der Waals surface area contributed by atoms with Crippen molar-refractivity contribution in [2.24, 2.45) is 0 Å². The van der Waals surface area contributed by atoms with Gasteiger partial charge in [-0.15, -0.1) is 0 Å². The Hall–Kier alpha value is -1.99. The Kier molecular flexibility index (Phi) is 3.77. The molecule has 0 saturated heterocycles. The number of hydrogen-bond acceptors (Lipinski definition) is 3. The molecule has 3 nitrogen and oxygen atoms in total. The Morgan fingerprint density at radius 2 is 1.89 bits per heavy atom. The van der Waals surface area contributed by atoms with E-state index >= 15 is 0 Å². The highest BCUT2D eigenvalue weighted by Crippen LogP contribution is 2.31. The quantitative estimate of drug-likeness (QED) is 0.840. The van der Waals surface area contributed by atoms with Crippen LogP contribution in [0.4, 0.5) is 5.69 Å². The molecule has 2 aromatic carbocycles. The largest absolute Gasteiger partial charge is 0.457 e. The summed E-state index contributed by atoms with van der Waals surface area (Å²) in [6.07, 6.45) is 0. The zero-order valence-electron chi connectivity index (χ0n) is 10.7. The summed E-state index contributed by atoms with van der Waals surface area (Å²) in [5, 5.41) is 8.88. The molecule has 4 heteroatoms. The number of halogens is 1. The fraction of sp³-hybridized carbons (Fsp3) is 0.133. The van der Waals surface area contributed by atoms with Crippen molar-refractivity contribution in [3.05, 3.63) is 51.5 Å². The van der Waals surface area contributed by atoms with Crippen LogP contribution in [0.25, 0.3) is 0 Å². The Morgan fingerprint density at radius 1 is 1.16 bits per heavy atom. The molecule has 19 heavy (non-hydrogen) atoms. The molecule has 2 aromatic rings. The predicted molar refractivity (Wildman–Crippen MR) is 79.3 cm³/mol. The number of nitrogens with two attached hydrogens (primary N) is 1. The Bertz CT molecular complexity index is 675. The molecule has 0 spiro atoms. The number of nitrogen functional groups attached to an aromatic ring is 1. The minimum Gasteiger partial charge on any atom is -0.457 e. The molecule has 0 amide bonds. The minimum atomic E-state index is 0.581. The Morgan fingerprint density at radius 3 is 2.53 bits per heavy atom. The van der Waals surface area contributed by atoms with Crippen LogP contribution in [0.5, 0.6) is 11.5 Å². The van der Waals surface area contributed by atoms with E-state index < -0.39 is 0 Å². The van der Waals surface area contributed by atoms with Crippen LogP contribution in [-0.4, -0.2) is 0 Å². The maximum absolute atomic E-state index is 8.88.